The van der Waals surface area contributed by atoms with E-state index < -0.39 is 0 Å². The van der Waals surface area contributed by atoms with Crippen LogP contribution >= 0.6 is 0 Å². The highest BCUT2D eigenvalue weighted by molar-refractivity contribution is 6.04. The Kier molecular flexibility index (Phi) is 5.93. The largest absolute Gasteiger partial charge is 0.497 e. The van der Waals surface area contributed by atoms with Crippen LogP contribution in [-0.4, -0.2) is 36.3 Å². The number of piperidine rings is 1. The number of ether oxygens (including phenoxy) is 1. The lowest BCUT2D eigenvalue weighted by atomic mass is 9.99. The van der Waals surface area contributed by atoms with Gasteiger partial charge in [-0.2, -0.15) is 0 Å². The molecule has 0 bridgehead atoms. The smallest absolute Gasteiger partial charge is 0.255 e. The maximum absolute atomic E-state index is 12.5. The lowest BCUT2D eigenvalue weighted by Gasteiger charge is -2.30. The van der Waals surface area contributed by atoms with E-state index in [0.29, 0.717) is 11.3 Å². The van der Waals surface area contributed by atoms with Crippen LogP contribution in [0.5, 0.6) is 5.75 Å². The summed E-state index contributed by atoms with van der Waals surface area (Å²) in [6.45, 7) is 4.38. The van der Waals surface area contributed by atoms with Crippen molar-refractivity contribution in [3.8, 4) is 17.0 Å². The first-order valence-corrected chi connectivity index (χ1v) is 10.3. The van der Waals surface area contributed by atoms with Gasteiger partial charge in [0, 0.05) is 29.9 Å². The van der Waals surface area contributed by atoms with Gasteiger partial charge in [-0.15, -0.1) is 10.2 Å². The molecule has 6 heteroatoms. The first-order chi connectivity index (χ1) is 14.6. The number of methoxy groups -OCH3 is 1. The third kappa shape index (κ3) is 4.59. The molecular formula is C24H26N4O2. The second-order valence-corrected chi connectivity index (χ2v) is 7.71. The molecule has 1 aromatic heterocycles. The molecule has 1 aliphatic heterocycles. The quantitative estimate of drug-likeness (QED) is 0.673. The lowest BCUT2D eigenvalue weighted by molar-refractivity contribution is 0.102. The van der Waals surface area contributed by atoms with E-state index >= 15 is 0 Å². The summed E-state index contributed by atoms with van der Waals surface area (Å²) < 4.78 is 5.18. The molecule has 0 spiro atoms. The van der Waals surface area contributed by atoms with Crippen LogP contribution in [0.2, 0.25) is 0 Å². The summed E-state index contributed by atoms with van der Waals surface area (Å²) in [6, 6.07) is 18.7. The SMILES string of the molecule is COc1cccc(C(=O)Nc2ccc(-c3ccc(N4CCC(C)CC4)nn3)cc2)c1. The molecule has 1 N–H and O–H groups in total. The summed E-state index contributed by atoms with van der Waals surface area (Å²) in [4.78, 5) is 14.8. The molecule has 2 heterocycles. The minimum absolute atomic E-state index is 0.179. The minimum Gasteiger partial charge on any atom is -0.497 e. The maximum Gasteiger partial charge on any atom is 0.255 e. The molecule has 0 atom stereocenters. The van der Waals surface area contributed by atoms with Crippen molar-refractivity contribution in [3.05, 3.63) is 66.2 Å². The molecule has 154 valence electrons. The first kappa shape index (κ1) is 19.9. The molecular weight excluding hydrogens is 376 g/mol. The average Bonchev–Trinajstić information content (AvgIpc) is 2.80. The number of benzene rings is 2. The molecule has 1 aliphatic rings. The van der Waals surface area contributed by atoms with E-state index in [9.17, 15) is 4.79 Å². The Morgan fingerprint density at radius 2 is 1.80 bits per heavy atom. The van der Waals surface area contributed by atoms with Gasteiger partial charge in [0.1, 0.15) is 5.75 Å². The van der Waals surface area contributed by atoms with Crippen molar-refractivity contribution < 1.29 is 9.53 Å². The Bertz CT molecular complexity index is 994. The van der Waals surface area contributed by atoms with Gasteiger partial charge < -0.3 is 15.0 Å². The van der Waals surface area contributed by atoms with Crippen molar-refractivity contribution in [1.82, 2.24) is 10.2 Å². The van der Waals surface area contributed by atoms with E-state index in [1.807, 2.05) is 42.5 Å². The molecule has 0 radical (unpaired) electrons. The van der Waals surface area contributed by atoms with E-state index in [1.54, 1.807) is 25.3 Å². The number of carbonyl (C=O) groups is 1. The fraction of sp³-hybridized carbons (Fsp3) is 0.292. The van der Waals surface area contributed by atoms with E-state index in [-0.39, 0.29) is 5.91 Å². The molecule has 6 nitrogen and oxygen atoms in total. The molecule has 30 heavy (non-hydrogen) atoms. The average molecular weight is 402 g/mol. The van der Waals surface area contributed by atoms with Crippen molar-refractivity contribution in [3.63, 3.8) is 0 Å². The molecule has 0 unspecified atom stereocenters. The van der Waals surface area contributed by atoms with Crippen LogP contribution in [0.25, 0.3) is 11.3 Å². The van der Waals surface area contributed by atoms with Crippen LogP contribution in [0, 0.1) is 5.92 Å². The van der Waals surface area contributed by atoms with Gasteiger partial charge in [-0.05, 0) is 61.2 Å². The molecule has 0 saturated carbocycles. The van der Waals surface area contributed by atoms with Crippen LogP contribution in [-0.2, 0) is 0 Å². The Balaban J connectivity index is 1.41. The van der Waals surface area contributed by atoms with Crippen molar-refractivity contribution in [1.29, 1.82) is 0 Å². The van der Waals surface area contributed by atoms with Crippen LogP contribution in [0.1, 0.15) is 30.1 Å². The van der Waals surface area contributed by atoms with Gasteiger partial charge in [0.05, 0.1) is 12.8 Å². The predicted octanol–water partition coefficient (Wildman–Crippen LogP) is 4.64. The topological polar surface area (TPSA) is 67.3 Å². The highest BCUT2D eigenvalue weighted by atomic mass is 16.5. The van der Waals surface area contributed by atoms with Crippen molar-refractivity contribution in [2.24, 2.45) is 5.92 Å². The zero-order valence-corrected chi connectivity index (χ0v) is 17.3. The summed E-state index contributed by atoms with van der Waals surface area (Å²) in [6.07, 6.45) is 2.40. The first-order valence-electron chi connectivity index (χ1n) is 10.3. The maximum atomic E-state index is 12.5. The minimum atomic E-state index is -0.179. The van der Waals surface area contributed by atoms with Crippen LogP contribution < -0.4 is 15.0 Å². The van der Waals surface area contributed by atoms with Gasteiger partial charge in [0.15, 0.2) is 5.82 Å². The highest BCUT2D eigenvalue weighted by Crippen LogP contribution is 2.24. The normalized spacial score (nSPS) is 14.4. The van der Waals surface area contributed by atoms with Gasteiger partial charge in [-0.3, -0.25) is 4.79 Å². The zero-order chi connectivity index (χ0) is 20.9. The lowest BCUT2D eigenvalue weighted by Crippen LogP contribution is -2.33. The molecule has 0 aliphatic carbocycles. The second kappa shape index (κ2) is 8.95. The second-order valence-electron chi connectivity index (χ2n) is 7.71. The van der Waals surface area contributed by atoms with Gasteiger partial charge in [-0.1, -0.05) is 25.1 Å². The number of nitrogens with zero attached hydrogens (tertiary/aromatic N) is 3. The van der Waals surface area contributed by atoms with E-state index in [2.05, 4.69) is 27.3 Å². The summed E-state index contributed by atoms with van der Waals surface area (Å²) in [5, 5.41) is 11.7. The summed E-state index contributed by atoms with van der Waals surface area (Å²) in [7, 11) is 1.58. The number of hydrogen-bond donors (Lipinski definition) is 1. The molecule has 1 amide bonds. The third-order valence-corrected chi connectivity index (χ3v) is 5.53. The van der Waals surface area contributed by atoms with Gasteiger partial charge in [0.2, 0.25) is 0 Å². The van der Waals surface area contributed by atoms with Gasteiger partial charge in [0.25, 0.3) is 5.91 Å². The number of carbonyl (C=O) groups excluding carboxylic acids is 1. The monoisotopic (exact) mass is 402 g/mol. The Hall–Kier alpha value is -3.41. The Morgan fingerprint density at radius 1 is 1.03 bits per heavy atom. The fourth-order valence-electron chi connectivity index (χ4n) is 3.58. The van der Waals surface area contributed by atoms with Gasteiger partial charge >= 0.3 is 0 Å². The highest BCUT2D eigenvalue weighted by Gasteiger charge is 2.17. The summed E-state index contributed by atoms with van der Waals surface area (Å²) in [5.74, 6) is 2.20. The predicted molar refractivity (Wildman–Crippen MR) is 119 cm³/mol. The number of anilines is 2. The number of nitrogens with one attached hydrogen (secondary N) is 1. The van der Waals surface area contributed by atoms with Crippen molar-refractivity contribution >= 4 is 17.4 Å². The van der Waals surface area contributed by atoms with Gasteiger partial charge in [-0.25, -0.2) is 0 Å². The third-order valence-electron chi connectivity index (χ3n) is 5.53. The van der Waals surface area contributed by atoms with Crippen LogP contribution in [0.3, 0.4) is 0 Å². The van der Waals surface area contributed by atoms with E-state index in [0.717, 1.165) is 41.8 Å². The van der Waals surface area contributed by atoms with Crippen molar-refractivity contribution in [2.75, 3.05) is 30.4 Å². The van der Waals surface area contributed by atoms with Crippen LogP contribution in [0.15, 0.2) is 60.7 Å². The van der Waals surface area contributed by atoms with E-state index in [4.69, 9.17) is 4.74 Å². The summed E-state index contributed by atoms with van der Waals surface area (Å²) in [5.41, 5.74) is 3.04. The zero-order valence-electron chi connectivity index (χ0n) is 17.3. The number of amides is 1. The van der Waals surface area contributed by atoms with Crippen molar-refractivity contribution in [2.45, 2.75) is 19.8 Å². The van der Waals surface area contributed by atoms with E-state index in [1.165, 1.54) is 12.8 Å². The Labute approximate surface area is 176 Å². The van der Waals surface area contributed by atoms with Crippen LogP contribution in [0.4, 0.5) is 11.5 Å². The molecule has 3 aromatic rings. The molecule has 2 aromatic carbocycles. The number of aromatic nitrogens is 2. The fourth-order valence-corrected chi connectivity index (χ4v) is 3.58. The standard InChI is InChI=1S/C24H26N4O2/c1-17-12-14-28(15-13-17)23-11-10-22(26-27-23)18-6-8-20(9-7-18)25-24(29)19-4-3-5-21(16-19)30-2/h3-11,16-17H,12-15H2,1-2H3,(H,25,29). The Morgan fingerprint density at radius 3 is 2.47 bits per heavy atom. The number of rotatable bonds is 5. The summed E-state index contributed by atoms with van der Waals surface area (Å²) >= 11 is 0. The molecule has 4 rings (SSSR count). The molecule has 1 fully saturated rings. The number of hydrogen-bond acceptors (Lipinski definition) is 5. The molecule has 1 saturated heterocycles.